The van der Waals surface area contributed by atoms with E-state index in [1.807, 2.05) is 39.8 Å². The molecule has 9 nitrogen and oxygen atoms in total. The second kappa shape index (κ2) is 10.4. The van der Waals surface area contributed by atoms with Crippen LogP contribution < -0.4 is 5.32 Å². The predicted octanol–water partition coefficient (Wildman–Crippen LogP) is 5.08. The molecule has 35 heavy (non-hydrogen) atoms. The van der Waals surface area contributed by atoms with Gasteiger partial charge < -0.3 is 29.0 Å². The van der Waals surface area contributed by atoms with E-state index in [-0.39, 0.29) is 18.8 Å². The van der Waals surface area contributed by atoms with Gasteiger partial charge in [-0.25, -0.2) is 9.78 Å². The molecule has 2 aromatic heterocycles. The van der Waals surface area contributed by atoms with Gasteiger partial charge in [0, 0.05) is 25.3 Å². The summed E-state index contributed by atoms with van der Waals surface area (Å²) in [5.41, 5.74) is 3.88. The van der Waals surface area contributed by atoms with Gasteiger partial charge in [-0.2, -0.15) is 0 Å². The van der Waals surface area contributed by atoms with Gasteiger partial charge in [0.2, 0.25) is 0 Å². The first kappa shape index (κ1) is 25.2. The molecule has 0 spiro atoms. The van der Waals surface area contributed by atoms with Gasteiger partial charge in [0.15, 0.2) is 0 Å². The molecular formula is C26H36N4O5. The molecule has 0 saturated heterocycles. The smallest absolute Gasteiger partial charge is 0.408 e. The van der Waals surface area contributed by atoms with Crippen molar-refractivity contribution >= 4 is 17.1 Å². The van der Waals surface area contributed by atoms with Gasteiger partial charge >= 0.3 is 6.09 Å². The van der Waals surface area contributed by atoms with Crippen molar-refractivity contribution in [3.63, 3.8) is 0 Å². The lowest BCUT2D eigenvalue weighted by atomic mass is 9.92. The number of aliphatic hydroxyl groups excluding tert-OH is 1. The molecule has 1 aromatic carbocycles. The first-order valence-electron chi connectivity index (χ1n) is 12.3. The van der Waals surface area contributed by atoms with Crippen LogP contribution in [0.4, 0.5) is 4.79 Å². The first-order valence-corrected chi connectivity index (χ1v) is 12.3. The number of imidazole rings is 1. The van der Waals surface area contributed by atoms with E-state index >= 15 is 0 Å². The Kier molecular flexibility index (Phi) is 7.47. The van der Waals surface area contributed by atoms with Crippen LogP contribution in [-0.2, 0) is 9.47 Å². The Morgan fingerprint density at radius 2 is 2.03 bits per heavy atom. The van der Waals surface area contributed by atoms with Crippen molar-refractivity contribution in [2.24, 2.45) is 0 Å². The van der Waals surface area contributed by atoms with Crippen molar-refractivity contribution in [2.75, 3.05) is 13.7 Å². The highest BCUT2D eigenvalue weighted by Gasteiger charge is 2.30. The van der Waals surface area contributed by atoms with Crippen LogP contribution in [0.5, 0.6) is 0 Å². The van der Waals surface area contributed by atoms with E-state index in [9.17, 15) is 9.90 Å². The van der Waals surface area contributed by atoms with Crippen LogP contribution in [-0.4, -0.2) is 51.3 Å². The number of aryl methyl sites for hydroxylation is 1. The minimum atomic E-state index is -0.627. The van der Waals surface area contributed by atoms with E-state index < -0.39 is 17.7 Å². The number of hydrogen-bond acceptors (Lipinski definition) is 7. The molecule has 190 valence electrons. The van der Waals surface area contributed by atoms with Crippen LogP contribution in [0.15, 0.2) is 29.0 Å². The molecule has 4 rings (SSSR count). The summed E-state index contributed by atoms with van der Waals surface area (Å²) in [6, 6.07) is 5.86. The molecule has 1 fully saturated rings. The topological polar surface area (TPSA) is 112 Å². The quantitative estimate of drug-likeness (QED) is 0.481. The Morgan fingerprint density at radius 3 is 2.63 bits per heavy atom. The summed E-state index contributed by atoms with van der Waals surface area (Å²) in [5.74, 6) is 0.722. The van der Waals surface area contributed by atoms with Crippen molar-refractivity contribution in [3.8, 4) is 11.1 Å². The molecule has 1 saturated carbocycles. The number of nitrogens with one attached hydrogen (secondary N) is 1. The number of amides is 1. The highest BCUT2D eigenvalue weighted by Crippen LogP contribution is 2.37. The van der Waals surface area contributed by atoms with Crippen LogP contribution in [0.25, 0.3) is 22.2 Å². The molecule has 2 heterocycles. The van der Waals surface area contributed by atoms with Gasteiger partial charge in [0.1, 0.15) is 17.7 Å². The highest BCUT2D eigenvalue weighted by molar-refractivity contribution is 5.83. The Labute approximate surface area is 205 Å². The molecule has 1 aliphatic rings. The van der Waals surface area contributed by atoms with E-state index in [1.54, 1.807) is 13.4 Å². The summed E-state index contributed by atoms with van der Waals surface area (Å²) >= 11 is 0. The standard InChI is InChI=1S/C26H36N4O5/c1-16-20(15-34-29-16)17-6-11-23-22(14-17)27-24(30(23)18-7-9-19(33-5)10-8-18)21(12-13-31)28-25(32)35-26(2,3)4/h6,11,14-15,18-19,21,31H,7-10,12-13H2,1-5H3,(H,28,32)/t18?,19?,21-/m0/s1. The predicted molar refractivity (Wildman–Crippen MR) is 132 cm³/mol. The van der Waals surface area contributed by atoms with Gasteiger partial charge in [0.05, 0.1) is 28.9 Å². The number of ether oxygens (including phenoxy) is 2. The largest absolute Gasteiger partial charge is 0.444 e. The molecule has 1 aliphatic carbocycles. The maximum Gasteiger partial charge on any atom is 0.408 e. The van der Waals surface area contributed by atoms with Gasteiger partial charge in [-0.05, 0) is 77.5 Å². The summed E-state index contributed by atoms with van der Waals surface area (Å²) < 4.78 is 18.5. The minimum absolute atomic E-state index is 0.0920. The molecule has 9 heteroatoms. The zero-order chi connectivity index (χ0) is 25.2. The maximum absolute atomic E-state index is 12.7. The number of nitrogens with zero attached hydrogens (tertiary/aromatic N) is 3. The summed E-state index contributed by atoms with van der Waals surface area (Å²) in [6.07, 6.45) is 5.51. The number of carbonyl (C=O) groups excluding carboxylic acids is 1. The zero-order valence-electron chi connectivity index (χ0n) is 21.2. The number of benzene rings is 1. The third-order valence-electron chi connectivity index (χ3n) is 6.54. The lowest BCUT2D eigenvalue weighted by Crippen LogP contribution is -2.37. The van der Waals surface area contributed by atoms with Crippen molar-refractivity contribution in [1.82, 2.24) is 20.0 Å². The second-order valence-electron chi connectivity index (χ2n) is 10.2. The van der Waals surface area contributed by atoms with Crippen LogP contribution in [0.1, 0.15) is 76.5 Å². The molecule has 0 aliphatic heterocycles. The number of aliphatic hydroxyl groups is 1. The van der Waals surface area contributed by atoms with Gasteiger partial charge in [-0.1, -0.05) is 11.2 Å². The molecule has 1 amide bonds. The van der Waals surface area contributed by atoms with E-state index in [0.29, 0.717) is 6.42 Å². The van der Waals surface area contributed by atoms with E-state index in [2.05, 4.69) is 21.1 Å². The average molecular weight is 485 g/mol. The van der Waals surface area contributed by atoms with Crippen LogP contribution in [0.3, 0.4) is 0 Å². The normalized spacial score (nSPS) is 19.6. The van der Waals surface area contributed by atoms with Gasteiger partial charge in [-0.15, -0.1) is 0 Å². The SMILES string of the molecule is COC1CCC(n2c([C@H](CCO)NC(=O)OC(C)(C)C)nc3cc(-c4conc4C)ccc32)CC1. The number of methoxy groups -OCH3 is 1. The Bertz CT molecular complexity index is 1150. The number of aromatic nitrogens is 3. The molecule has 0 bridgehead atoms. The van der Waals surface area contributed by atoms with Crippen molar-refractivity contribution in [3.05, 3.63) is 36.0 Å². The number of carbonyl (C=O) groups is 1. The summed E-state index contributed by atoms with van der Waals surface area (Å²) in [6.45, 7) is 7.29. The monoisotopic (exact) mass is 484 g/mol. The van der Waals surface area contributed by atoms with E-state index in [1.165, 1.54) is 0 Å². The number of rotatable bonds is 7. The van der Waals surface area contributed by atoms with Crippen molar-refractivity contribution < 1.29 is 23.9 Å². The van der Waals surface area contributed by atoms with Gasteiger partial charge in [0.25, 0.3) is 0 Å². The average Bonchev–Trinajstić information content (AvgIpc) is 3.40. The molecule has 0 radical (unpaired) electrons. The summed E-state index contributed by atoms with van der Waals surface area (Å²) in [4.78, 5) is 17.7. The second-order valence-corrected chi connectivity index (χ2v) is 10.2. The fourth-order valence-corrected chi connectivity index (χ4v) is 4.87. The van der Waals surface area contributed by atoms with Crippen molar-refractivity contribution in [1.29, 1.82) is 0 Å². The fraction of sp³-hybridized carbons (Fsp3) is 0.577. The molecule has 0 unspecified atom stereocenters. The first-order chi connectivity index (χ1) is 16.7. The minimum Gasteiger partial charge on any atom is -0.444 e. The third kappa shape index (κ3) is 5.67. The zero-order valence-corrected chi connectivity index (χ0v) is 21.2. The van der Waals surface area contributed by atoms with Crippen molar-refractivity contribution in [2.45, 2.75) is 83.6 Å². The number of hydrogen-bond donors (Lipinski definition) is 2. The van der Waals surface area contributed by atoms with Crippen LogP contribution in [0, 0.1) is 6.92 Å². The van der Waals surface area contributed by atoms with Crippen LogP contribution >= 0.6 is 0 Å². The van der Waals surface area contributed by atoms with E-state index in [4.69, 9.17) is 19.0 Å². The third-order valence-corrected chi connectivity index (χ3v) is 6.54. The molecule has 2 N–H and O–H groups in total. The number of fused-ring (bicyclic) bond motifs is 1. The Balaban J connectivity index is 1.76. The Morgan fingerprint density at radius 1 is 1.29 bits per heavy atom. The Hall–Kier alpha value is -2.91. The molecule has 3 aromatic rings. The molecule has 1 atom stereocenters. The molecular weight excluding hydrogens is 448 g/mol. The lowest BCUT2D eigenvalue weighted by Gasteiger charge is -2.31. The fourth-order valence-electron chi connectivity index (χ4n) is 4.87. The number of alkyl carbamates (subject to hydrolysis) is 1. The lowest BCUT2D eigenvalue weighted by molar-refractivity contribution is 0.0487. The maximum atomic E-state index is 12.7. The summed E-state index contributed by atoms with van der Waals surface area (Å²) in [5, 5.41) is 16.8. The summed E-state index contributed by atoms with van der Waals surface area (Å²) in [7, 11) is 1.76. The van der Waals surface area contributed by atoms with Gasteiger partial charge in [-0.3, -0.25) is 0 Å². The highest BCUT2D eigenvalue weighted by atomic mass is 16.6. The van der Waals surface area contributed by atoms with Crippen LogP contribution in [0.2, 0.25) is 0 Å². The van der Waals surface area contributed by atoms with E-state index in [0.717, 1.165) is 59.4 Å².